The van der Waals surface area contributed by atoms with Crippen LogP contribution in [-0.4, -0.2) is 51.9 Å². The van der Waals surface area contributed by atoms with E-state index in [1.807, 2.05) is 4.90 Å². The fourth-order valence-electron chi connectivity index (χ4n) is 2.20. The van der Waals surface area contributed by atoms with Crippen LogP contribution >= 0.6 is 0 Å². The van der Waals surface area contributed by atoms with Gasteiger partial charge in [-0.05, 0) is 12.1 Å². The molecule has 6 heteroatoms. The quantitative estimate of drug-likeness (QED) is 0.863. The lowest BCUT2D eigenvalue weighted by atomic mass is 10.2. The highest BCUT2D eigenvalue weighted by Gasteiger charge is 2.23. The van der Waals surface area contributed by atoms with E-state index in [2.05, 4.69) is 19.9 Å². The molecule has 1 aliphatic rings. The van der Waals surface area contributed by atoms with Gasteiger partial charge in [0.25, 0.3) is 5.91 Å². The molecule has 1 saturated heterocycles. The molecule has 1 aliphatic heterocycles. The smallest absolute Gasteiger partial charge is 0.255 e. The summed E-state index contributed by atoms with van der Waals surface area (Å²) in [6, 6.07) is 3.60. The SMILES string of the molecule is O=C(c1cc[nH]c1)N1CCN(c2ncccn2)CC1. The number of nitrogens with zero attached hydrogens (tertiary/aromatic N) is 4. The summed E-state index contributed by atoms with van der Waals surface area (Å²) in [6.07, 6.45) is 6.97. The Balaban J connectivity index is 1.62. The highest BCUT2D eigenvalue weighted by Crippen LogP contribution is 2.12. The topological polar surface area (TPSA) is 65.1 Å². The van der Waals surface area contributed by atoms with Gasteiger partial charge in [-0.25, -0.2) is 9.97 Å². The van der Waals surface area contributed by atoms with Crippen LogP contribution < -0.4 is 4.90 Å². The number of carbonyl (C=O) groups is 1. The number of nitrogens with one attached hydrogen (secondary N) is 1. The number of hydrogen-bond donors (Lipinski definition) is 1. The van der Waals surface area contributed by atoms with Crippen molar-refractivity contribution in [3.8, 4) is 0 Å². The Bertz CT molecular complexity index is 531. The van der Waals surface area contributed by atoms with Crippen molar-refractivity contribution in [1.29, 1.82) is 0 Å². The maximum atomic E-state index is 12.2. The first-order valence-corrected chi connectivity index (χ1v) is 6.28. The van der Waals surface area contributed by atoms with E-state index < -0.39 is 0 Å². The second kappa shape index (κ2) is 5.09. The molecule has 0 radical (unpaired) electrons. The van der Waals surface area contributed by atoms with E-state index in [0.29, 0.717) is 18.7 Å². The molecule has 0 saturated carbocycles. The fraction of sp³-hybridized carbons (Fsp3) is 0.308. The summed E-state index contributed by atoms with van der Waals surface area (Å²) in [4.78, 5) is 27.5. The Morgan fingerprint density at radius 2 is 1.89 bits per heavy atom. The second-order valence-electron chi connectivity index (χ2n) is 4.43. The maximum Gasteiger partial charge on any atom is 0.255 e. The molecule has 2 aromatic heterocycles. The second-order valence-corrected chi connectivity index (χ2v) is 4.43. The third-order valence-corrected chi connectivity index (χ3v) is 3.25. The van der Waals surface area contributed by atoms with Gasteiger partial charge in [0.15, 0.2) is 0 Å². The lowest BCUT2D eigenvalue weighted by Crippen LogP contribution is -2.49. The molecule has 0 bridgehead atoms. The van der Waals surface area contributed by atoms with E-state index in [1.54, 1.807) is 36.9 Å². The van der Waals surface area contributed by atoms with Gasteiger partial charge < -0.3 is 14.8 Å². The molecule has 3 heterocycles. The number of hydrogen-bond acceptors (Lipinski definition) is 4. The Morgan fingerprint density at radius 3 is 2.53 bits per heavy atom. The van der Waals surface area contributed by atoms with Crippen molar-refractivity contribution in [2.24, 2.45) is 0 Å². The summed E-state index contributed by atoms with van der Waals surface area (Å²) in [6.45, 7) is 2.92. The summed E-state index contributed by atoms with van der Waals surface area (Å²) in [7, 11) is 0. The van der Waals surface area contributed by atoms with Crippen molar-refractivity contribution in [2.45, 2.75) is 0 Å². The first-order valence-electron chi connectivity index (χ1n) is 6.28. The molecule has 19 heavy (non-hydrogen) atoms. The third-order valence-electron chi connectivity index (χ3n) is 3.25. The van der Waals surface area contributed by atoms with Gasteiger partial charge in [0.2, 0.25) is 5.95 Å². The van der Waals surface area contributed by atoms with E-state index in [0.717, 1.165) is 19.0 Å². The number of H-pyrrole nitrogens is 1. The van der Waals surface area contributed by atoms with Crippen LogP contribution in [0.3, 0.4) is 0 Å². The Morgan fingerprint density at radius 1 is 1.16 bits per heavy atom. The van der Waals surface area contributed by atoms with E-state index in [9.17, 15) is 4.79 Å². The van der Waals surface area contributed by atoms with Crippen molar-refractivity contribution >= 4 is 11.9 Å². The number of aromatic nitrogens is 3. The van der Waals surface area contributed by atoms with Crippen molar-refractivity contribution in [2.75, 3.05) is 31.1 Å². The molecule has 1 amide bonds. The van der Waals surface area contributed by atoms with Crippen LogP contribution in [0.1, 0.15) is 10.4 Å². The molecule has 1 N–H and O–H groups in total. The average Bonchev–Trinajstić information content (AvgIpc) is 3.02. The minimum atomic E-state index is 0.0786. The fourth-order valence-corrected chi connectivity index (χ4v) is 2.20. The zero-order valence-electron chi connectivity index (χ0n) is 10.5. The van der Waals surface area contributed by atoms with Gasteiger partial charge in [0.05, 0.1) is 5.56 Å². The molecule has 0 atom stereocenters. The predicted molar refractivity (Wildman–Crippen MR) is 70.9 cm³/mol. The van der Waals surface area contributed by atoms with Crippen molar-refractivity contribution in [1.82, 2.24) is 19.9 Å². The first-order chi connectivity index (χ1) is 9.34. The highest BCUT2D eigenvalue weighted by atomic mass is 16.2. The summed E-state index contributed by atoms with van der Waals surface area (Å²) in [5.74, 6) is 0.811. The standard InChI is InChI=1S/C13H15N5O/c19-12(11-2-5-14-10-11)17-6-8-18(9-7-17)13-15-3-1-4-16-13/h1-5,10,14H,6-9H2. The molecule has 2 aromatic rings. The van der Waals surface area contributed by atoms with Gasteiger partial charge in [-0.1, -0.05) is 0 Å². The van der Waals surface area contributed by atoms with Gasteiger partial charge in [0, 0.05) is 51.0 Å². The molecule has 1 fully saturated rings. The highest BCUT2D eigenvalue weighted by molar-refractivity contribution is 5.94. The van der Waals surface area contributed by atoms with Crippen LogP contribution in [0.25, 0.3) is 0 Å². The van der Waals surface area contributed by atoms with Crippen LogP contribution in [0, 0.1) is 0 Å². The van der Waals surface area contributed by atoms with Gasteiger partial charge in [0.1, 0.15) is 0 Å². The number of carbonyl (C=O) groups excluding carboxylic acids is 1. The van der Waals surface area contributed by atoms with Crippen LogP contribution in [-0.2, 0) is 0 Å². The zero-order chi connectivity index (χ0) is 13.1. The van der Waals surface area contributed by atoms with Crippen molar-refractivity contribution in [3.63, 3.8) is 0 Å². The molecule has 98 valence electrons. The molecule has 0 aliphatic carbocycles. The lowest BCUT2D eigenvalue weighted by Gasteiger charge is -2.34. The number of rotatable bonds is 2. The Hall–Kier alpha value is -2.37. The minimum Gasteiger partial charge on any atom is -0.367 e. The van der Waals surface area contributed by atoms with E-state index >= 15 is 0 Å². The Labute approximate surface area is 111 Å². The van der Waals surface area contributed by atoms with Crippen LogP contribution in [0.2, 0.25) is 0 Å². The van der Waals surface area contributed by atoms with Crippen LogP contribution in [0.15, 0.2) is 36.9 Å². The first kappa shape index (κ1) is 11.7. The Kier molecular flexibility index (Phi) is 3.14. The van der Waals surface area contributed by atoms with Crippen LogP contribution in [0.4, 0.5) is 5.95 Å². The summed E-state index contributed by atoms with van der Waals surface area (Å²) in [5, 5.41) is 0. The molecule has 0 spiro atoms. The normalized spacial score (nSPS) is 15.6. The average molecular weight is 257 g/mol. The predicted octanol–water partition coefficient (Wildman–Crippen LogP) is 0.767. The molecule has 0 unspecified atom stereocenters. The molecular formula is C13H15N5O. The largest absolute Gasteiger partial charge is 0.367 e. The number of amides is 1. The van der Waals surface area contributed by atoms with Gasteiger partial charge in [-0.3, -0.25) is 4.79 Å². The number of anilines is 1. The number of aromatic amines is 1. The van der Waals surface area contributed by atoms with E-state index in [4.69, 9.17) is 0 Å². The van der Waals surface area contributed by atoms with Gasteiger partial charge in [-0.15, -0.1) is 0 Å². The maximum absolute atomic E-state index is 12.2. The number of piperazine rings is 1. The van der Waals surface area contributed by atoms with Gasteiger partial charge in [-0.2, -0.15) is 0 Å². The zero-order valence-corrected chi connectivity index (χ0v) is 10.5. The van der Waals surface area contributed by atoms with Gasteiger partial charge >= 0.3 is 0 Å². The lowest BCUT2D eigenvalue weighted by molar-refractivity contribution is 0.0746. The summed E-state index contributed by atoms with van der Waals surface area (Å²) in [5.41, 5.74) is 0.712. The van der Waals surface area contributed by atoms with E-state index in [1.165, 1.54) is 0 Å². The minimum absolute atomic E-state index is 0.0786. The molecular weight excluding hydrogens is 242 g/mol. The molecule has 6 nitrogen and oxygen atoms in total. The van der Waals surface area contributed by atoms with E-state index in [-0.39, 0.29) is 5.91 Å². The van der Waals surface area contributed by atoms with Crippen molar-refractivity contribution < 1.29 is 4.79 Å². The van der Waals surface area contributed by atoms with Crippen molar-refractivity contribution in [3.05, 3.63) is 42.5 Å². The summed E-state index contributed by atoms with van der Waals surface area (Å²) < 4.78 is 0. The molecule has 0 aromatic carbocycles. The van der Waals surface area contributed by atoms with Crippen LogP contribution in [0.5, 0.6) is 0 Å². The summed E-state index contributed by atoms with van der Waals surface area (Å²) >= 11 is 0. The monoisotopic (exact) mass is 257 g/mol. The molecule has 3 rings (SSSR count). The third kappa shape index (κ3) is 2.42.